The summed E-state index contributed by atoms with van der Waals surface area (Å²) in [6, 6.07) is 0. The Labute approximate surface area is 82.6 Å². The molecule has 0 fully saturated rings. The van der Waals surface area contributed by atoms with Crippen molar-refractivity contribution in [2.45, 2.75) is 25.8 Å². The van der Waals surface area contributed by atoms with Gasteiger partial charge in [0.2, 0.25) is 0 Å². The van der Waals surface area contributed by atoms with Gasteiger partial charge in [0, 0.05) is 11.9 Å². The minimum absolute atomic E-state index is 0.0165. The lowest BCUT2D eigenvalue weighted by molar-refractivity contribution is -0.138. The quantitative estimate of drug-likeness (QED) is 0.623. The third-order valence-electron chi connectivity index (χ3n) is 1.76. The van der Waals surface area contributed by atoms with Crippen LogP contribution in [0.25, 0.3) is 0 Å². The van der Waals surface area contributed by atoms with E-state index in [-0.39, 0.29) is 4.77 Å². The van der Waals surface area contributed by atoms with Crippen LogP contribution < -0.4 is 0 Å². The molecule has 0 spiro atoms. The smallest absolute Gasteiger partial charge is 0.324 e. The van der Waals surface area contributed by atoms with Gasteiger partial charge in [-0.2, -0.15) is 8.78 Å². The highest BCUT2D eigenvalue weighted by Gasteiger charge is 2.41. The van der Waals surface area contributed by atoms with Crippen LogP contribution in [0.15, 0.2) is 6.20 Å². The summed E-state index contributed by atoms with van der Waals surface area (Å²) in [5.74, 6) is -4.05. The first-order valence-electron chi connectivity index (χ1n) is 3.75. The number of imidazole rings is 1. The maximum Gasteiger partial charge on any atom is 0.324 e. The summed E-state index contributed by atoms with van der Waals surface area (Å²) in [6.45, 7) is 0.409. The van der Waals surface area contributed by atoms with Crippen molar-refractivity contribution in [3.05, 3.63) is 16.7 Å². The summed E-state index contributed by atoms with van der Waals surface area (Å²) in [6.07, 6.45) is -2.29. The van der Waals surface area contributed by atoms with Crippen LogP contribution in [0, 0.1) is 11.7 Å². The van der Waals surface area contributed by atoms with Crippen LogP contribution in [0.5, 0.6) is 0 Å². The van der Waals surface area contributed by atoms with Crippen LogP contribution in [0.4, 0.5) is 17.6 Å². The maximum absolute atomic E-state index is 12.6. The largest absolute Gasteiger partial charge is 0.337 e. The van der Waals surface area contributed by atoms with Gasteiger partial charge < -0.3 is 9.55 Å². The Morgan fingerprint density at radius 2 is 2.14 bits per heavy atom. The molecule has 0 unspecified atom stereocenters. The summed E-state index contributed by atoms with van der Waals surface area (Å²) in [5, 5.41) is 0. The third-order valence-corrected chi connectivity index (χ3v) is 2.10. The van der Waals surface area contributed by atoms with Crippen LogP contribution in [-0.4, -0.2) is 21.9 Å². The summed E-state index contributed by atoms with van der Waals surface area (Å²) in [5.41, 5.74) is 0.398. The Balaban J connectivity index is 2.94. The number of hydrogen-bond acceptors (Lipinski definition) is 1. The Hall–Kier alpha value is -0.850. The number of aryl methyl sites for hydroxylation is 1. The van der Waals surface area contributed by atoms with Crippen LogP contribution in [0.2, 0.25) is 0 Å². The number of rotatable bonds is 3. The fourth-order valence-corrected chi connectivity index (χ4v) is 1.23. The number of H-pyrrole nitrogens is 1. The normalized spacial score (nSPS) is 12.4. The van der Waals surface area contributed by atoms with Crippen LogP contribution >= 0.6 is 12.2 Å². The molecule has 0 atom stereocenters. The number of nitrogens with one attached hydrogen (secondary N) is 1. The summed E-state index contributed by atoms with van der Waals surface area (Å²) in [7, 11) is 0. The number of nitrogens with zero attached hydrogens (tertiary/aromatic N) is 1. The van der Waals surface area contributed by atoms with Gasteiger partial charge in [0.25, 0.3) is 0 Å². The Bertz CT molecular complexity index is 368. The first kappa shape index (κ1) is 11.2. The Morgan fingerprint density at radius 3 is 2.50 bits per heavy atom. The van der Waals surface area contributed by atoms with Crippen LogP contribution in [0.1, 0.15) is 5.69 Å². The second-order valence-corrected chi connectivity index (χ2v) is 3.27. The Morgan fingerprint density at radius 1 is 1.57 bits per heavy atom. The SMILES string of the molecule is Cc1c[nH]c(=S)n1CC(F)(F)C(F)F. The molecule has 1 N–H and O–H groups in total. The average Bonchev–Trinajstić information content (AvgIpc) is 2.35. The monoisotopic (exact) mass is 228 g/mol. The van der Waals surface area contributed by atoms with Gasteiger partial charge >= 0.3 is 12.3 Å². The molecule has 0 saturated carbocycles. The van der Waals surface area contributed by atoms with E-state index in [1.54, 1.807) is 0 Å². The summed E-state index contributed by atoms with van der Waals surface area (Å²) >= 11 is 4.66. The molecule has 80 valence electrons. The third kappa shape index (κ3) is 2.14. The lowest BCUT2D eigenvalue weighted by Gasteiger charge is -2.16. The fraction of sp³-hybridized carbons (Fsp3) is 0.571. The molecule has 1 aromatic rings. The van der Waals surface area contributed by atoms with Gasteiger partial charge in [0.05, 0.1) is 6.54 Å². The lowest BCUT2D eigenvalue weighted by Crippen LogP contribution is -2.32. The van der Waals surface area contributed by atoms with Crippen molar-refractivity contribution in [3.63, 3.8) is 0 Å². The minimum atomic E-state index is -4.05. The van der Waals surface area contributed by atoms with E-state index in [0.29, 0.717) is 5.69 Å². The number of aromatic nitrogens is 2. The zero-order valence-corrected chi connectivity index (χ0v) is 8.05. The van der Waals surface area contributed by atoms with E-state index in [0.717, 1.165) is 4.57 Å². The molecule has 0 aliphatic rings. The number of halogens is 4. The van der Waals surface area contributed by atoms with Gasteiger partial charge in [0.1, 0.15) is 0 Å². The lowest BCUT2D eigenvalue weighted by atomic mass is 10.3. The van der Waals surface area contributed by atoms with Gasteiger partial charge in [-0.3, -0.25) is 0 Å². The van der Waals surface area contributed by atoms with Crippen molar-refractivity contribution in [2.75, 3.05) is 0 Å². The molecule has 0 bridgehead atoms. The van der Waals surface area contributed by atoms with Crippen molar-refractivity contribution in [3.8, 4) is 0 Å². The molecular formula is C7H8F4N2S. The molecule has 0 saturated heterocycles. The molecule has 0 aliphatic carbocycles. The highest BCUT2D eigenvalue weighted by Crippen LogP contribution is 2.25. The molecule has 1 rings (SSSR count). The minimum Gasteiger partial charge on any atom is -0.337 e. The zero-order chi connectivity index (χ0) is 10.9. The van der Waals surface area contributed by atoms with E-state index in [1.165, 1.54) is 13.1 Å². The molecule has 0 aliphatic heterocycles. The van der Waals surface area contributed by atoms with Gasteiger partial charge in [0.15, 0.2) is 4.77 Å². The van der Waals surface area contributed by atoms with Crippen LogP contribution in [-0.2, 0) is 6.54 Å². The van der Waals surface area contributed by atoms with Gasteiger partial charge in [-0.25, -0.2) is 8.78 Å². The molecule has 7 heteroatoms. The second kappa shape index (κ2) is 3.72. The maximum atomic E-state index is 12.6. The van der Waals surface area contributed by atoms with E-state index < -0.39 is 18.9 Å². The summed E-state index contributed by atoms with van der Waals surface area (Å²) in [4.78, 5) is 2.50. The number of alkyl halides is 4. The average molecular weight is 228 g/mol. The predicted octanol–water partition coefficient (Wildman–Crippen LogP) is 2.75. The van der Waals surface area contributed by atoms with E-state index in [9.17, 15) is 17.6 Å². The molecule has 0 radical (unpaired) electrons. The number of aromatic amines is 1. The fourth-order valence-electron chi connectivity index (χ4n) is 0.959. The summed E-state index contributed by atoms with van der Waals surface area (Å²) < 4.78 is 50.0. The van der Waals surface area contributed by atoms with Gasteiger partial charge in [-0.05, 0) is 19.1 Å². The van der Waals surface area contributed by atoms with Crippen molar-refractivity contribution in [1.29, 1.82) is 0 Å². The first-order chi connectivity index (χ1) is 6.34. The molecule has 2 nitrogen and oxygen atoms in total. The molecule has 1 heterocycles. The van der Waals surface area contributed by atoms with Crippen molar-refractivity contribution in [2.24, 2.45) is 0 Å². The number of hydrogen-bond donors (Lipinski definition) is 1. The van der Waals surface area contributed by atoms with E-state index in [2.05, 4.69) is 17.2 Å². The first-order valence-corrected chi connectivity index (χ1v) is 4.16. The highest BCUT2D eigenvalue weighted by molar-refractivity contribution is 7.71. The van der Waals surface area contributed by atoms with Crippen molar-refractivity contribution < 1.29 is 17.6 Å². The topological polar surface area (TPSA) is 20.7 Å². The van der Waals surface area contributed by atoms with E-state index in [1.807, 2.05) is 0 Å². The Kier molecular flexibility index (Phi) is 2.98. The van der Waals surface area contributed by atoms with Crippen molar-refractivity contribution >= 4 is 12.2 Å². The van der Waals surface area contributed by atoms with E-state index >= 15 is 0 Å². The van der Waals surface area contributed by atoms with Crippen molar-refractivity contribution in [1.82, 2.24) is 9.55 Å². The standard InChI is InChI=1S/C7H8F4N2S/c1-4-2-12-6(14)13(4)3-7(10,11)5(8)9/h2,5H,3H2,1H3,(H,12,14). The van der Waals surface area contributed by atoms with Gasteiger partial charge in [-0.1, -0.05) is 0 Å². The molecule has 0 aromatic carbocycles. The molecular weight excluding hydrogens is 220 g/mol. The second-order valence-electron chi connectivity index (χ2n) is 2.88. The van der Waals surface area contributed by atoms with Gasteiger partial charge in [-0.15, -0.1) is 0 Å². The zero-order valence-electron chi connectivity index (χ0n) is 7.23. The highest BCUT2D eigenvalue weighted by atomic mass is 32.1. The van der Waals surface area contributed by atoms with E-state index in [4.69, 9.17) is 0 Å². The van der Waals surface area contributed by atoms with Crippen LogP contribution in [0.3, 0.4) is 0 Å². The predicted molar refractivity (Wildman–Crippen MR) is 45.3 cm³/mol. The molecule has 0 amide bonds. The molecule has 1 aromatic heterocycles. The molecule has 14 heavy (non-hydrogen) atoms.